The SMILES string of the molecule is C=CCOCC(O)CN(Cc1c(CC)nn(-c2ccccc2)c1Oc1cccc(OC)c1)C1CC1. The second kappa shape index (κ2) is 12.0. The maximum absolute atomic E-state index is 10.6. The van der Waals surface area contributed by atoms with Crippen molar-refractivity contribution in [2.45, 2.75) is 44.9 Å². The summed E-state index contributed by atoms with van der Waals surface area (Å²) in [6, 6.07) is 18.1. The Morgan fingerprint density at radius 3 is 2.63 bits per heavy atom. The lowest BCUT2D eigenvalue weighted by molar-refractivity contribution is 0.0226. The average molecular weight is 478 g/mol. The number of aliphatic hydroxyl groups excluding tert-OH is 1. The summed E-state index contributed by atoms with van der Waals surface area (Å²) in [5.74, 6) is 2.10. The third-order valence-corrected chi connectivity index (χ3v) is 6.03. The largest absolute Gasteiger partial charge is 0.497 e. The van der Waals surface area contributed by atoms with Crippen LogP contribution < -0.4 is 9.47 Å². The quantitative estimate of drug-likeness (QED) is 0.267. The predicted molar refractivity (Wildman–Crippen MR) is 136 cm³/mol. The third kappa shape index (κ3) is 6.51. The first-order chi connectivity index (χ1) is 17.1. The molecule has 186 valence electrons. The number of hydrogen-bond donors (Lipinski definition) is 1. The van der Waals surface area contributed by atoms with E-state index >= 15 is 0 Å². The molecule has 0 saturated heterocycles. The molecule has 1 saturated carbocycles. The number of methoxy groups -OCH3 is 1. The van der Waals surface area contributed by atoms with Gasteiger partial charge in [-0.05, 0) is 43.5 Å². The molecule has 1 atom stereocenters. The van der Waals surface area contributed by atoms with Crippen LogP contribution in [0.1, 0.15) is 31.0 Å². The van der Waals surface area contributed by atoms with E-state index in [1.807, 2.05) is 59.3 Å². The maximum Gasteiger partial charge on any atom is 0.227 e. The summed E-state index contributed by atoms with van der Waals surface area (Å²) in [5.41, 5.74) is 2.95. The van der Waals surface area contributed by atoms with Crippen LogP contribution in [0, 0.1) is 0 Å². The van der Waals surface area contributed by atoms with Crippen LogP contribution in [0.3, 0.4) is 0 Å². The van der Waals surface area contributed by atoms with Crippen molar-refractivity contribution in [2.75, 3.05) is 26.9 Å². The molecule has 7 nitrogen and oxygen atoms in total. The summed E-state index contributed by atoms with van der Waals surface area (Å²) < 4.78 is 19.3. The van der Waals surface area contributed by atoms with Crippen LogP contribution in [0.5, 0.6) is 17.4 Å². The molecule has 1 N–H and O–H groups in total. The van der Waals surface area contributed by atoms with Gasteiger partial charge < -0.3 is 19.3 Å². The standard InChI is InChI=1S/C28H35N3O4/c1-4-16-34-20-23(32)18-30(21-14-15-21)19-26-27(5-2)29-31(22-10-7-6-8-11-22)28(26)35-25-13-9-12-24(17-25)33-3/h4,6-13,17,21,23,32H,1,5,14-16,18-20H2,2-3H3. The highest BCUT2D eigenvalue weighted by molar-refractivity contribution is 5.44. The number of benzene rings is 2. The average Bonchev–Trinajstić information content (AvgIpc) is 3.68. The highest BCUT2D eigenvalue weighted by Crippen LogP contribution is 2.36. The molecule has 0 aliphatic heterocycles. The number of aryl methyl sites for hydroxylation is 1. The van der Waals surface area contributed by atoms with E-state index in [4.69, 9.17) is 19.3 Å². The van der Waals surface area contributed by atoms with Crippen LogP contribution in [0.25, 0.3) is 5.69 Å². The number of aromatic nitrogens is 2. The van der Waals surface area contributed by atoms with Gasteiger partial charge in [-0.2, -0.15) is 5.10 Å². The van der Waals surface area contributed by atoms with Crippen molar-refractivity contribution in [3.8, 4) is 23.1 Å². The monoisotopic (exact) mass is 477 g/mol. The zero-order chi connectivity index (χ0) is 24.6. The summed E-state index contributed by atoms with van der Waals surface area (Å²) in [5, 5.41) is 15.6. The lowest BCUT2D eigenvalue weighted by atomic mass is 10.1. The van der Waals surface area contributed by atoms with E-state index in [1.165, 1.54) is 0 Å². The highest BCUT2D eigenvalue weighted by Gasteiger charge is 2.33. The molecule has 0 radical (unpaired) electrons. The highest BCUT2D eigenvalue weighted by atomic mass is 16.5. The second-order valence-corrected chi connectivity index (χ2v) is 8.75. The first kappa shape index (κ1) is 25.0. The Kier molecular flexibility index (Phi) is 8.58. The van der Waals surface area contributed by atoms with E-state index in [0.717, 1.165) is 42.0 Å². The molecule has 2 aromatic carbocycles. The fourth-order valence-corrected chi connectivity index (χ4v) is 4.14. The van der Waals surface area contributed by atoms with Crippen LogP contribution in [-0.2, 0) is 17.7 Å². The van der Waals surface area contributed by atoms with Crippen molar-refractivity contribution >= 4 is 0 Å². The first-order valence-corrected chi connectivity index (χ1v) is 12.2. The van der Waals surface area contributed by atoms with Gasteiger partial charge in [-0.3, -0.25) is 4.90 Å². The fraction of sp³-hybridized carbons (Fsp3) is 0.393. The van der Waals surface area contributed by atoms with E-state index in [9.17, 15) is 5.11 Å². The minimum absolute atomic E-state index is 0.284. The van der Waals surface area contributed by atoms with Gasteiger partial charge in [0.05, 0.1) is 43.4 Å². The van der Waals surface area contributed by atoms with E-state index in [2.05, 4.69) is 18.4 Å². The molecule has 35 heavy (non-hydrogen) atoms. The van der Waals surface area contributed by atoms with E-state index in [1.54, 1.807) is 13.2 Å². The molecule has 1 heterocycles. The molecule has 7 heteroatoms. The van der Waals surface area contributed by atoms with Gasteiger partial charge in [0.15, 0.2) is 0 Å². The Morgan fingerprint density at radius 2 is 1.94 bits per heavy atom. The molecule has 1 fully saturated rings. The molecule has 1 unspecified atom stereocenters. The first-order valence-electron chi connectivity index (χ1n) is 12.2. The molecule has 1 aliphatic carbocycles. The van der Waals surface area contributed by atoms with E-state index < -0.39 is 6.10 Å². The van der Waals surface area contributed by atoms with Crippen LogP contribution in [0.2, 0.25) is 0 Å². The summed E-state index contributed by atoms with van der Waals surface area (Å²) >= 11 is 0. The van der Waals surface area contributed by atoms with Gasteiger partial charge in [-0.25, -0.2) is 4.68 Å². The van der Waals surface area contributed by atoms with Gasteiger partial charge in [-0.15, -0.1) is 6.58 Å². The Labute approximate surface area is 207 Å². The van der Waals surface area contributed by atoms with Gasteiger partial charge >= 0.3 is 0 Å². The van der Waals surface area contributed by atoms with Crippen molar-refractivity contribution in [1.82, 2.24) is 14.7 Å². The van der Waals surface area contributed by atoms with E-state index in [0.29, 0.717) is 37.4 Å². The lowest BCUT2D eigenvalue weighted by Gasteiger charge is -2.25. The summed E-state index contributed by atoms with van der Waals surface area (Å²) in [6.07, 6.45) is 4.14. The number of rotatable bonds is 14. The molecular formula is C28H35N3O4. The molecular weight excluding hydrogens is 442 g/mol. The number of ether oxygens (including phenoxy) is 3. The van der Waals surface area contributed by atoms with Crippen LogP contribution in [0.15, 0.2) is 67.3 Å². The second-order valence-electron chi connectivity index (χ2n) is 8.75. The summed E-state index contributed by atoms with van der Waals surface area (Å²) in [4.78, 5) is 2.33. The minimum atomic E-state index is -0.576. The molecule has 0 spiro atoms. The topological polar surface area (TPSA) is 69.0 Å². The zero-order valence-electron chi connectivity index (χ0n) is 20.6. The van der Waals surface area contributed by atoms with Crippen molar-refractivity contribution in [2.24, 2.45) is 0 Å². The minimum Gasteiger partial charge on any atom is -0.497 e. The lowest BCUT2D eigenvalue weighted by Crippen LogP contribution is -2.36. The van der Waals surface area contributed by atoms with Gasteiger partial charge in [0.2, 0.25) is 5.88 Å². The van der Waals surface area contributed by atoms with Crippen molar-refractivity contribution in [3.05, 3.63) is 78.5 Å². The maximum atomic E-state index is 10.6. The van der Waals surface area contributed by atoms with Gasteiger partial charge in [-0.1, -0.05) is 37.3 Å². The van der Waals surface area contributed by atoms with Crippen LogP contribution >= 0.6 is 0 Å². The number of para-hydroxylation sites is 1. The number of nitrogens with zero attached hydrogens (tertiary/aromatic N) is 3. The van der Waals surface area contributed by atoms with Crippen molar-refractivity contribution < 1.29 is 19.3 Å². The molecule has 0 bridgehead atoms. The van der Waals surface area contributed by atoms with Crippen molar-refractivity contribution in [1.29, 1.82) is 0 Å². The van der Waals surface area contributed by atoms with Gasteiger partial charge in [0.1, 0.15) is 11.5 Å². The Balaban J connectivity index is 1.67. The Morgan fingerprint density at radius 1 is 1.17 bits per heavy atom. The number of hydrogen-bond acceptors (Lipinski definition) is 6. The Hall–Kier alpha value is -3.13. The summed E-state index contributed by atoms with van der Waals surface area (Å²) in [6.45, 7) is 7.66. The fourth-order valence-electron chi connectivity index (χ4n) is 4.14. The molecule has 1 aliphatic rings. The van der Waals surface area contributed by atoms with Crippen molar-refractivity contribution in [3.63, 3.8) is 0 Å². The predicted octanol–water partition coefficient (Wildman–Crippen LogP) is 4.76. The van der Waals surface area contributed by atoms with E-state index in [-0.39, 0.29) is 6.61 Å². The Bertz CT molecular complexity index is 1090. The molecule has 0 amide bonds. The van der Waals surface area contributed by atoms with Gasteiger partial charge in [0.25, 0.3) is 0 Å². The number of aliphatic hydroxyl groups is 1. The molecule has 4 rings (SSSR count). The third-order valence-electron chi connectivity index (χ3n) is 6.03. The molecule has 3 aromatic rings. The van der Waals surface area contributed by atoms with Crippen LogP contribution in [-0.4, -0.2) is 58.8 Å². The normalized spacial score (nSPS) is 14.2. The molecule has 1 aromatic heterocycles. The zero-order valence-corrected chi connectivity index (χ0v) is 20.6. The van der Waals surface area contributed by atoms with Gasteiger partial charge in [0, 0.05) is 25.2 Å². The summed E-state index contributed by atoms with van der Waals surface area (Å²) in [7, 11) is 1.64. The van der Waals surface area contributed by atoms with Crippen LogP contribution in [0.4, 0.5) is 0 Å². The smallest absolute Gasteiger partial charge is 0.227 e.